The number of hydrogen-bond donors (Lipinski definition) is 3. The van der Waals surface area contributed by atoms with Crippen LogP contribution in [0.1, 0.15) is 12.8 Å². The molecule has 0 aromatic rings. The molecule has 0 aliphatic carbocycles. The molecule has 94 valence electrons. The van der Waals surface area contributed by atoms with E-state index in [9.17, 15) is 14.4 Å². The predicted molar refractivity (Wildman–Crippen MR) is 57.6 cm³/mol. The number of piperidine rings is 1. The van der Waals surface area contributed by atoms with Crippen LogP contribution in [0.3, 0.4) is 0 Å². The quantitative estimate of drug-likeness (QED) is 0.227. The molecule has 0 aromatic carbocycles. The maximum absolute atomic E-state index is 11.4. The number of carbonyl (C=O) groups is 3. The average Bonchev–Trinajstić information content (AvgIpc) is 2.68. The lowest BCUT2D eigenvalue weighted by Gasteiger charge is -2.35. The fourth-order valence-electron chi connectivity index (χ4n) is 2.22. The van der Waals surface area contributed by atoms with Crippen LogP contribution in [0.2, 0.25) is 0 Å². The average molecular weight is 241 g/mol. The minimum atomic E-state index is -0.336. The van der Waals surface area contributed by atoms with Crippen LogP contribution in [0.25, 0.3) is 0 Å². The fraction of sp³-hybridized carbons (Fsp3) is 0.667. The van der Waals surface area contributed by atoms with Crippen LogP contribution in [0, 0.1) is 0 Å². The van der Waals surface area contributed by atoms with Gasteiger partial charge < -0.3 is 9.80 Å². The molecule has 4 N–H and O–H groups in total. The van der Waals surface area contributed by atoms with Crippen LogP contribution < -0.4 is 16.6 Å². The normalized spacial score (nSPS) is 21.7. The smallest absolute Gasteiger partial charge is 0.324 e. The van der Waals surface area contributed by atoms with Gasteiger partial charge in [-0.1, -0.05) is 0 Å². The van der Waals surface area contributed by atoms with Crippen molar-refractivity contribution in [2.45, 2.75) is 18.9 Å². The first-order valence-electron chi connectivity index (χ1n) is 5.48. The zero-order valence-corrected chi connectivity index (χ0v) is 9.31. The molecular weight excluding hydrogens is 226 g/mol. The minimum absolute atomic E-state index is 0.0169. The van der Waals surface area contributed by atoms with Crippen molar-refractivity contribution in [3.05, 3.63) is 0 Å². The zero-order valence-electron chi connectivity index (χ0n) is 9.31. The van der Waals surface area contributed by atoms with E-state index in [1.54, 1.807) is 4.90 Å². The van der Waals surface area contributed by atoms with E-state index in [2.05, 4.69) is 10.7 Å². The van der Waals surface area contributed by atoms with Crippen LogP contribution in [-0.2, 0) is 4.79 Å². The molecule has 8 nitrogen and oxygen atoms in total. The number of likely N-dealkylation sites (tertiary alicyclic amines) is 1. The minimum Gasteiger partial charge on any atom is -0.324 e. The Hall–Kier alpha value is -1.83. The Bertz CT molecular complexity index is 351. The van der Waals surface area contributed by atoms with E-state index < -0.39 is 0 Å². The summed E-state index contributed by atoms with van der Waals surface area (Å²) >= 11 is 0. The third-order valence-corrected chi connectivity index (χ3v) is 3.14. The molecule has 2 saturated heterocycles. The van der Waals surface area contributed by atoms with Crippen LogP contribution in [0.15, 0.2) is 0 Å². The summed E-state index contributed by atoms with van der Waals surface area (Å²) in [7, 11) is 0. The van der Waals surface area contributed by atoms with E-state index in [4.69, 9.17) is 5.84 Å². The van der Waals surface area contributed by atoms with Crippen molar-refractivity contribution in [3.63, 3.8) is 0 Å². The summed E-state index contributed by atoms with van der Waals surface area (Å²) in [5, 5.41) is 2.24. The molecule has 2 rings (SSSR count). The van der Waals surface area contributed by atoms with Gasteiger partial charge in [-0.25, -0.2) is 15.4 Å². The second-order valence-electron chi connectivity index (χ2n) is 4.15. The molecule has 0 aromatic heterocycles. The van der Waals surface area contributed by atoms with E-state index in [1.165, 1.54) is 4.90 Å². The third-order valence-electron chi connectivity index (χ3n) is 3.14. The van der Waals surface area contributed by atoms with Crippen molar-refractivity contribution in [2.75, 3.05) is 19.6 Å². The Morgan fingerprint density at radius 2 is 2.00 bits per heavy atom. The molecule has 8 heteroatoms. The molecule has 0 bridgehead atoms. The van der Waals surface area contributed by atoms with Crippen molar-refractivity contribution in [2.24, 2.45) is 5.84 Å². The Labute approximate surface area is 98.1 Å². The number of nitrogens with zero attached hydrogens (tertiary/aromatic N) is 2. The second-order valence-corrected chi connectivity index (χ2v) is 4.15. The SMILES string of the molecule is NNC(=O)N1CCC(N2CC(=O)NC2=O)CC1. The zero-order chi connectivity index (χ0) is 12.4. The predicted octanol–water partition coefficient (Wildman–Crippen LogP) is -1.41. The van der Waals surface area contributed by atoms with Gasteiger partial charge in [0, 0.05) is 19.1 Å². The van der Waals surface area contributed by atoms with Crippen molar-refractivity contribution in [1.29, 1.82) is 0 Å². The first-order valence-corrected chi connectivity index (χ1v) is 5.48. The highest BCUT2D eigenvalue weighted by Crippen LogP contribution is 2.18. The topological polar surface area (TPSA) is 108 Å². The number of amides is 5. The summed E-state index contributed by atoms with van der Waals surface area (Å²) in [5.41, 5.74) is 2.07. The van der Waals surface area contributed by atoms with Gasteiger partial charge in [-0.15, -0.1) is 0 Å². The summed E-state index contributed by atoms with van der Waals surface area (Å²) in [6, 6.07) is -0.634. The standard InChI is InChI=1S/C9H15N5O3/c10-12-9(17)13-3-1-6(2-4-13)14-5-7(15)11-8(14)16/h6H,1-5,10H2,(H,12,17)(H,11,15,16). The largest absolute Gasteiger partial charge is 0.331 e. The van der Waals surface area contributed by atoms with Crippen molar-refractivity contribution >= 4 is 18.0 Å². The highest BCUT2D eigenvalue weighted by Gasteiger charge is 2.35. The van der Waals surface area contributed by atoms with Crippen molar-refractivity contribution in [3.8, 4) is 0 Å². The molecule has 0 saturated carbocycles. The number of nitrogens with one attached hydrogen (secondary N) is 2. The van der Waals surface area contributed by atoms with Gasteiger partial charge in [0.15, 0.2) is 0 Å². The lowest BCUT2D eigenvalue weighted by Crippen LogP contribution is -2.51. The molecule has 0 spiro atoms. The van der Waals surface area contributed by atoms with Gasteiger partial charge in [-0.05, 0) is 12.8 Å². The van der Waals surface area contributed by atoms with Crippen LogP contribution in [0.5, 0.6) is 0 Å². The molecule has 0 unspecified atom stereocenters. The molecule has 0 atom stereocenters. The monoisotopic (exact) mass is 241 g/mol. The first kappa shape index (κ1) is 11.6. The van der Waals surface area contributed by atoms with Gasteiger partial charge >= 0.3 is 12.1 Å². The maximum Gasteiger partial charge on any atom is 0.331 e. The van der Waals surface area contributed by atoms with Crippen LogP contribution in [-0.4, -0.2) is 53.4 Å². The highest BCUT2D eigenvalue weighted by atomic mass is 16.2. The first-order chi connectivity index (χ1) is 8.11. The van der Waals surface area contributed by atoms with E-state index in [0.29, 0.717) is 25.9 Å². The number of imide groups is 1. The van der Waals surface area contributed by atoms with E-state index in [-0.39, 0.29) is 30.6 Å². The molecule has 2 heterocycles. The van der Waals surface area contributed by atoms with E-state index in [1.807, 2.05) is 0 Å². The molecule has 2 aliphatic heterocycles. The Morgan fingerprint density at radius 3 is 2.47 bits per heavy atom. The summed E-state index contributed by atoms with van der Waals surface area (Å²) in [6.07, 6.45) is 1.32. The van der Waals surface area contributed by atoms with E-state index in [0.717, 1.165) is 0 Å². The van der Waals surface area contributed by atoms with Gasteiger partial charge in [0.2, 0.25) is 5.91 Å². The molecule has 0 radical (unpaired) electrons. The molecule has 2 aliphatic rings. The van der Waals surface area contributed by atoms with Gasteiger partial charge in [0.05, 0.1) is 0 Å². The fourth-order valence-corrected chi connectivity index (χ4v) is 2.22. The number of rotatable bonds is 1. The lowest BCUT2D eigenvalue weighted by atomic mass is 10.0. The number of hydrazine groups is 1. The van der Waals surface area contributed by atoms with E-state index >= 15 is 0 Å². The number of urea groups is 2. The molecule has 17 heavy (non-hydrogen) atoms. The number of hydrogen-bond acceptors (Lipinski definition) is 4. The van der Waals surface area contributed by atoms with Gasteiger partial charge in [0.25, 0.3) is 0 Å². The molecule has 2 fully saturated rings. The Kier molecular flexibility index (Phi) is 3.14. The maximum atomic E-state index is 11.4. The van der Waals surface area contributed by atoms with Gasteiger partial charge in [-0.3, -0.25) is 15.5 Å². The lowest BCUT2D eigenvalue weighted by molar-refractivity contribution is -0.118. The van der Waals surface area contributed by atoms with Gasteiger partial charge in [0.1, 0.15) is 6.54 Å². The van der Waals surface area contributed by atoms with Gasteiger partial charge in [-0.2, -0.15) is 0 Å². The van der Waals surface area contributed by atoms with Crippen molar-refractivity contribution < 1.29 is 14.4 Å². The summed E-state index contributed by atoms with van der Waals surface area (Å²) in [6.45, 7) is 1.18. The van der Waals surface area contributed by atoms with Crippen LogP contribution >= 0.6 is 0 Å². The Balaban J connectivity index is 1.89. The van der Waals surface area contributed by atoms with Crippen LogP contribution in [0.4, 0.5) is 9.59 Å². The molecule has 5 amide bonds. The summed E-state index contributed by atoms with van der Waals surface area (Å²) in [4.78, 5) is 36.9. The highest BCUT2D eigenvalue weighted by molar-refractivity contribution is 6.02. The number of nitrogens with two attached hydrogens (primary N) is 1. The van der Waals surface area contributed by atoms with Crippen molar-refractivity contribution in [1.82, 2.24) is 20.5 Å². The molecular formula is C9H15N5O3. The second kappa shape index (κ2) is 4.58. The number of carbonyl (C=O) groups excluding carboxylic acids is 3. The summed E-state index contributed by atoms with van der Waals surface area (Å²) < 4.78 is 0. The summed E-state index contributed by atoms with van der Waals surface area (Å²) in [5.74, 6) is 4.77. The third kappa shape index (κ3) is 2.31. The Morgan fingerprint density at radius 1 is 1.35 bits per heavy atom.